The Kier molecular flexibility index (Phi) is 3.54. The minimum atomic E-state index is 0.808. The Balaban J connectivity index is 2.02. The maximum Gasteiger partial charge on any atom is 0.141 e. The van der Waals surface area contributed by atoms with Gasteiger partial charge >= 0.3 is 0 Å². The number of hydrogen-bond donors (Lipinski definition) is 0. The zero-order valence-electron chi connectivity index (χ0n) is 13.7. The summed E-state index contributed by atoms with van der Waals surface area (Å²) < 4.78 is 7.47. The topological polar surface area (TPSA) is 26.5 Å². The van der Waals surface area contributed by atoms with Crippen LogP contribution in [0.1, 0.15) is 5.56 Å². The summed E-state index contributed by atoms with van der Waals surface area (Å²) in [6.07, 6.45) is 2.02. The van der Waals surface area contributed by atoms with E-state index in [1.165, 1.54) is 5.56 Å². The molecule has 3 heteroatoms. The maximum atomic E-state index is 5.35. The minimum absolute atomic E-state index is 0.808. The average molecular weight is 314 g/mol. The van der Waals surface area contributed by atoms with Crippen LogP contribution in [0.15, 0.2) is 72.9 Å². The Hall–Kier alpha value is -3.07. The quantitative estimate of drug-likeness (QED) is 0.533. The van der Waals surface area contributed by atoms with Gasteiger partial charge in [0.2, 0.25) is 0 Å². The van der Waals surface area contributed by atoms with E-state index in [4.69, 9.17) is 9.72 Å². The van der Waals surface area contributed by atoms with Gasteiger partial charge in [0, 0.05) is 23.4 Å². The number of fused-ring (bicyclic) bond motifs is 1. The van der Waals surface area contributed by atoms with E-state index < -0.39 is 0 Å². The number of imidazole rings is 1. The summed E-state index contributed by atoms with van der Waals surface area (Å²) in [7, 11) is 1.67. The molecule has 0 radical (unpaired) electrons. The molecular weight excluding hydrogens is 296 g/mol. The molecule has 0 aliphatic carbocycles. The Bertz CT molecular complexity index is 986. The van der Waals surface area contributed by atoms with E-state index in [9.17, 15) is 0 Å². The lowest BCUT2D eigenvalue weighted by molar-refractivity contribution is 0.414. The summed E-state index contributed by atoms with van der Waals surface area (Å²) in [5.41, 5.74) is 6.46. The number of hydrogen-bond acceptors (Lipinski definition) is 2. The second kappa shape index (κ2) is 5.85. The Morgan fingerprint density at radius 3 is 2.33 bits per heavy atom. The van der Waals surface area contributed by atoms with Crippen LogP contribution in [0, 0.1) is 6.92 Å². The van der Waals surface area contributed by atoms with E-state index in [-0.39, 0.29) is 0 Å². The van der Waals surface area contributed by atoms with Crippen LogP contribution in [0.4, 0.5) is 0 Å². The Labute approximate surface area is 141 Å². The van der Waals surface area contributed by atoms with Gasteiger partial charge in [-0.1, -0.05) is 60.2 Å². The van der Waals surface area contributed by atoms with E-state index in [2.05, 4.69) is 47.7 Å². The third-order valence-corrected chi connectivity index (χ3v) is 4.21. The normalized spacial score (nSPS) is 10.9. The predicted molar refractivity (Wildman–Crippen MR) is 97.4 cm³/mol. The second-order valence-corrected chi connectivity index (χ2v) is 5.84. The van der Waals surface area contributed by atoms with Gasteiger partial charge in [-0.3, -0.25) is 4.40 Å². The number of ether oxygens (including phenoxy) is 1. The van der Waals surface area contributed by atoms with Crippen molar-refractivity contribution in [1.82, 2.24) is 9.38 Å². The summed E-state index contributed by atoms with van der Waals surface area (Å²) in [5, 5.41) is 0. The van der Waals surface area contributed by atoms with Crippen molar-refractivity contribution in [2.24, 2.45) is 0 Å². The number of aromatic nitrogens is 2. The SMILES string of the molecule is COc1ccn2c(-c3ccc(C)cc3)c(-c3ccccc3)nc2c1. The molecule has 0 spiro atoms. The highest BCUT2D eigenvalue weighted by Crippen LogP contribution is 2.33. The predicted octanol–water partition coefficient (Wildman–Crippen LogP) is 4.99. The van der Waals surface area contributed by atoms with Crippen molar-refractivity contribution in [2.75, 3.05) is 7.11 Å². The van der Waals surface area contributed by atoms with Gasteiger partial charge in [-0.2, -0.15) is 0 Å². The lowest BCUT2D eigenvalue weighted by Gasteiger charge is -2.07. The van der Waals surface area contributed by atoms with Crippen molar-refractivity contribution >= 4 is 5.65 Å². The molecule has 4 aromatic rings. The van der Waals surface area contributed by atoms with Crippen molar-refractivity contribution in [3.63, 3.8) is 0 Å². The van der Waals surface area contributed by atoms with Crippen LogP contribution in [-0.2, 0) is 0 Å². The van der Waals surface area contributed by atoms with Gasteiger partial charge in [0.15, 0.2) is 0 Å². The van der Waals surface area contributed by atoms with Crippen molar-refractivity contribution in [3.05, 3.63) is 78.5 Å². The molecule has 4 rings (SSSR count). The summed E-state index contributed by atoms with van der Waals surface area (Å²) in [6, 6.07) is 22.8. The molecule has 118 valence electrons. The van der Waals surface area contributed by atoms with Gasteiger partial charge in [0.1, 0.15) is 11.4 Å². The average Bonchev–Trinajstić information content (AvgIpc) is 3.01. The lowest BCUT2D eigenvalue weighted by atomic mass is 10.0. The summed E-state index contributed by atoms with van der Waals surface area (Å²) in [5.74, 6) is 0.808. The first-order valence-corrected chi connectivity index (χ1v) is 7.95. The van der Waals surface area contributed by atoms with Crippen LogP contribution < -0.4 is 4.74 Å². The van der Waals surface area contributed by atoms with Gasteiger partial charge in [-0.05, 0) is 13.0 Å². The van der Waals surface area contributed by atoms with Crippen LogP contribution in [0.5, 0.6) is 5.75 Å². The lowest BCUT2D eigenvalue weighted by Crippen LogP contribution is -1.91. The molecule has 0 aliphatic rings. The van der Waals surface area contributed by atoms with E-state index in [1.54, 1.807) is 7.11 Å². The van der Waals surface area contributed by atoms with Crippen LogP contribution in [0.3, 0.4) is 0 Å². The number of benzene rings is 2. The highest BCUT2D eigenvalue weighted by molar-refractivity contribution is 5.82. The first-order chi connectivity index (χ1) is 11.8. The molecule has 0 saturated carbocycles. The molecule has 24 heavy (non-hydrogen) atoms. The number of pyridine rings is 1. The minimum Gasteiger partial charge on any atom is -0.497 e. The van der Waals surface area contributed by atoms with Crippen molar-refractivity contribution < 1.29 is 4.74 Å². The molecule has 0 fully saturated rings. The smallest absolute Gasteiger partial charge is 0.141 e. The van der Waals surface area contributed by atoms with E-state index in [0.717, 1.165) is 33.9 Å². The fourth-order valence-corrected chi connectivity index (χ4v) is 2.94. The van der Waals surface area contributed by atoms with Crippen LogP contribution in [-0.4, -0.2) is 16.5 Å². The summed E-state index contributed by atoms with van der Waals surface area (Å²) in [4.78, 5) is 4.87. The maximum absolute atomic E-state index is 5.35. The largest absolute Gasteiger partial charge is 0.497 e. The third-order valence-electron chi connectivity index (χ3n) is 4.21. The molecule has 0 atom stereocenters. The number of rotatable bonds is 3. The molecule has 0 bridgehead atoms. The molecule has 0 N–H and O–H groups in total. The van der Waals surface area contributed by atoms with Gasteiger partial charge in [-0.15, -0.1) is 0 Å². The van der Waals surface area contributed by atoms with E-state index in [0.29, 0.717) is 0 Å². The monoisotopic (exact) mass is 314 g/mol. The first kappa shape index (κ1) is 14.5. The number of aryl methyl sites for hydroxylation is 1. The number of nitrogens with zero attached hydrogens (tertiary/aromatic N) is 2. The van der Waals surface area contributed by atoms with E-state index >= 15 is 0 Å². The van der Waals surface area contributed by atoms with Crippen LogP contribution in [0.2, 0.25) is 0 Å². The molecular formula is C21H18N2O. The highest BCUT2D eigenvalue weighted by atomic mass is 16.5. The van der Waals surface area contributed by atoms with Gasteiger partial charge < -0.3 is 4.74 Å². The van der Waals surface area contributed by atoms with Crippen molar-refractivity contribution in [2.45, 2.75) is 6.92 Å². The summed E-state index contributed by atoms with van der Waals surface area (Å²) in [6.45, 7) is 2.10. The highest BCUT2D eigenvalue weighted by Gasteiger charge is 2.16. The van der Waals surface area contributed by atoms with Crippen LogP contribution in [0.25, 0.3) is 28.2 Å². The van der Waals surface area contributed by atoms with E-state index in [1.807, 2.05) is 36.5 Å². The molecule has 0 amide bonds. The molecule has 3 nitrogen and oxygen atoms in total. The van der Waals surface area contributed by atoms with Gasteiger partial charge in [0.25, 0.3) is 0 Å². The number of methoxy groups -OCH3 is 1. The van der Waals surface area contributed by atoms with Gasteiger partial charge in [-0.25, -0.2) is 4.98 Å². The molecule has 0 aliphatic heterocycles. The van der Waals surface area contributed by atoms with Crippen LogP contribution >= 0.6 is 0 Å². The first-order valence-electron chi connectivity index (χ1n) is 7.95. The zero-order valence-corrected chi connectivity index (χ0v) is 13.7. The Morgan fingerprint density at radius 1 is 0.875 bits per heavy atom. The molecule has 2 aromatic carbocycles. The third kappa shape index (κ3) is 2.44. The van der Waals surface area contributed by atoms with Crippen molar-refractivity contribution in [3.8, 4) is 28.3 Å². The molecule has 0 unspecified atom stereocenters. The fraction of sp³-hybridized carbons (Fsp3) is 0.0952. The second-order valence-electron chi connectivity index (χ2n) is 5.84. The molecule has 2 aromatic heterocycles. The fourth-order valence-electron chi connectivity index (χ4n) is 2.94. The van der Waals surface area contributed by atoms with Gasteiger partial charge in [0.05, 0.1) is 18.5 Å². The molecule has 2 heterocycles. The summed E-state index contributed by atoms with van der Waals surface area (Å²) >= 11 is 0. The van der Waals surface area contributed by atoms with Crippen molar-refractivity contribution in [1.29, 1.82) is 0 Å². The Morgan fingerprint density at radius 2 is 1.62 bits per heavy atom. The molecule has 0 saturated heterocycles. The zero-order chi connectivity index (χ0) is 16.5. The standard InChI is InChI=1S/C21H18N2O/c1-15-8-10-17(11-9-15)21-20(16-6-4-3-5-7-16)22-19-14-18(24-2)12-13-23(19)21/h3-14H,1-2H3.